The Labute approximate surface area is 144 Å². The van der Waals surface area contributed by atoms with E-state index in [1.54, 1.807) is 41.5 Å². The molecule has 0 aromatic heterocycles. The van der Waals surface area contributed by atoms with E-state index in [0.29, 0.717) is 0 Å². The number of hydrogen-bond donors (Lipinski definition) is 0. The monoisotopic (exact) mass is 383 g/mol. The Bertz CT molecular complexity index is 787. The Kier molecular flexibility index (Phi) is 5.22. The van der Waals surface area contributed by atoms with Crippen LogP contribution in [-0.2, 0) is 20.9 Å². The molecule has 10 heteroatoms. The van der Waals surface area contributed by atoms with E-state index in [2.05, 4.69) is 4.18 Å². The van der Waals surface area contributed by atoms with Crippen molar-refractivity contribution in [2.75, 3.05) is 0 Å². The standard InChI is InChI=1S/C15H20F3NO5S/c1-13(2,3)9-7-10(14(4,5)6)12(8-11(9)19(20)21)24-25(22,23)15(16,17)18/h7-8H,1-6H3. The van der Waals surface area contributed by atoms with E-state index in [-0.39, 0.29) is 11.1 Å². The molecular formula is C15H20F3NO5S. The molecule has 0 aliphatic carbocycles. The van der Waals surface area contributed by atoms with E-state index < -0.39 is 42.8 Å². The molecule has 0 atom stereocenters. The molecule has 1 rings (SSSR count). The molecule has 0 unspecified atom stereocenters. The highest BCUT2D eigenvalue weighted by Crippen LogP contribution is 2.42. The molecule has 0 heterocycles. The van der Waals surface area contributed by atoms with Crippen molar-refractivity contribution in [3.8, 4) is 5.75 Å². The quantitative estimate of drug-likeness (QED) is 0.334. The number of hydrogen-bond acceptors (Lipinski definition) is 5. The predicted octanol–water partition coefficient (Wildman–Crippen LogP) is 4.42. The summed E-state index contributed by atoms with van der Waals surface area (Å²) in [5.41, 5.74) is -7.27. The molecule has 0 bridgehead atoms. The first kappa shape index (κ1) is 21.2. The van der Waals surface area contributed by atoms with Gasteiger partial charge in [0.05, 0.1) is 11.0 Å². The van der Waals surface area contributed by atoms with Crippen LogP contribution >= 0.6 is 0 Å². The van der Waals surface area contributed by atoms with E-state index in [4.69, 9.17) is 0 Å². The molecule has 0 N–H and O–H groups in total. The van der Waals surface area contributed by atoms with Gasteiger partial charge in [-0.3, -0.25) is 10.1 Å². The SMILES string of the molecule is CC(C)(C)c1cc(C(C)(C)C)c([N+](=O)[O-])cc1OS(=O)(=O)C(F)(F)F. The van der Waals surface area contributed by atoms with Crippen LogP contribution in [0, 0.1) is 10.1 Å². The zero-order valence-electron chi connectivity index (χ0n) is 14.7. The van der Waals surface area contributed by atoms with Gasteiger partial charge < -0.3 is 4.18 Å². The fraction of sp³-hybridized carbons (Fsp3) is 0.600. The number of rotatable bonds is 3. The number of nitro groups is 1. The molecule has 0 fully saturated rings. The first-order valence-electron chi connectivity index (χ1n) is 7.22. The summed E-state index contributed by atoms with van der Waals surface area (Å²) in [7, 11) is -5.95. The van der Waals surface area contributed by atoms with Crippen molar-refractivity contribution in [2.24, 2.45) is 0 Å². The Balaban J connectivity index is 3.79. The van der Waals surface area contributed by atoms with Crippen LogP contribution in [-0.4, -0.2) is 18.8 Å². The number of benzene rings is 1. The maximum Gasteiger partial charge on any atom is 0.534 e. The van der Waals surface area contributed by atoms with Crippen LogP contribution in [0.3, 0.4) is 0 Å². The molecule has 0 saturated heterocycles. The summed E-state index contributed by atoms with van der Waals surface area (Å²) < 4.78 is 64.8. The van der Waals surface area contributed by atoms with Gasteiger partial charge in [-0.2, -0.15) is 21.6 Å². The van der Waals surface area contributed by atoms with Crippen LogP contribution in [0.5, 0.6) is 5.75 Å². The summed E-state index contributed by atoms with van der Waals surface area (Å²) in [5.74, 6) is -0.704. The maximum atomic E-state index is 12.6. The summed E-state index contributed by atoms with van der Waals surface area (Å²) >= 11 is 0. The fourth-order valence-electron chi connectivity index (χ4n) is 2.14. The molecule has 0 amide bonds. The van der Waals surface area contributed by atoms with Crippen molar-refractivity contribution >= 4 is 15.8 Å². The highest BCUT2D eigenvalue weighted by Gasteiger charge is 2.49. The average Bonchev–Trinajstić information content (AvgIpc) is 2.33. The smallest absolute Gasteiger partial charge is 0.375 e. The first-order chi connectivity index (χ1) is 10.9. The van der Waals surface area contributed by atoms with Crippen molar-refractivity contribution in [1.82, 2.24) is 0 Å². The Hall–Kier alpha value is -1.84. The Morgan fingerprint density at radius 3 is 1.72 bits per heavy atom. The van der Waals surface area contributed by atoms with Gasteiger partial charge in [0.25, 0.3) is 5.69 Å². The number of nitrogens with zero attached hydrogens (tertiary/aromatic N) is 1. The highest BCUT2D eigenvalue weighted by molar-refractivity contribution is 7.88. The maximum absolute atomic E-state index is 12.6. The van der Waals surface area contributed by atoms with Crippen molar-refractivity contribution in [1.29, 1.82) is 0 Å². The zero-order valence-corrected chi connectivity index (χ0v) is 15.5. The lowest BCUT2D eigenvalue weighted by atomic mass is 9.79. The fourth-order valence-corrected chi connectivity index (χ4v) is 2.61. The Morgan fingerprint density at radius 1 is 0.960 bits per heavy atom. The summed E-state index contributed by atoms with van der Waals surface area (Å²) in [6.45, 7) is 10.0. The second-order valence-corrected chi connectivity index (χ2v) is 9.14. The molecule has 1 aromatic rings. The van der Waals surface area contributed by atoms with Crippen LogP contribution in [0.2, 0.25) is 0 Å². The lowest BCUT2D eigenvalue weighted by Crippen LogP contribution is -2.29. The highest BCUT2D eigenvalue weighted by atomic mass is 32.2. The van der Waals surface area contributed by atoms with Crippen LogP contribution in [0.25, 0.3) is 0 Å². The number of alkyl halides is 3. The molecule has 0 aliphatic rings. The minimum Gasteiger partial charge on any atom is -0.375 e. The Morgan fingerprint density at radius 2 is 1.40 bits per heavy atom. The molecule has 25 heavy (non-hydrogen) atoms. The summed E-state index contributed by atoms with van der Waals surface area (Å²) in [5, 5.41) is 11.3. The molecule has 6 nitrogen and oxygen atoms in total. The van der Waals surface area contributed by atoms with Crippen molar-refractivity contribution in [2.45, 2.75) is 57.9 Å². The summed E-state index contributed by atoms with van der Waals surface area (Å²) in [6, 6.07) is 2.07. The second-order valence-electron chi connectivity index (χ2n) is 7.61. The molecule has 0 aliphatic heterocycles. The van der Waals surface area contributed by atoms with E-state index in [9.17, 15) is 31.7 Å². The lowest BCUT2D eigenvalue weighted by Gasteiger charge is -2.27. The van der Waals surface area contributed by atoms with E-state index in [1.807, 2.05) is 0 Å². The van der Waals surface area contributed by atoms with E-state index in [1.165, 1.54) is 6.07 Å². The van der Waals surface area contributed by atoms with Gasteiger partial charge in [-0.25, -0.2) is 0 Å². The molecule has 0 saturated carbocycles. The van der Waals surface area contributed by atoms with Crippen LogP contribution in [0.1, 0.15) is 52.7 Å². The molecule has 142 valence electrons. The van der Waals surface area contributed by atoms with Crippen molar-refractivity contribution < 1.29 is 30.7 Å². The van der Waals surface area contributed by atoms with Gasteiger partial charge in [0, 0.05) is 11.1 Å². The third kappa shape index (κ3) is 4.62. The number of halogens is 3. The minimum atomic E-state index is -5.95. The normalized spacial score (nSPS) is 13.6. The third-order valence-corrected chi connectivity index (χ3v) is 4.36. The lowest BCUT2D eigenvalue weighted by molar-refractivity contribution is -0.386. The van der Waals surface area contributed by atoms with Crippen molar-refractivity contribution in [3.05, 3.63) is 33.4 Å². The molecular weight excluding hydrogens is 363 g/mol. The minimum absolute atomic E-state index is 0.121. The van der Waals surface area contributed by atoms with Gasteiger partial charge in [0.2, 0.25) is 0 Å². The second kappa shape index (κ2) is 6.15. The van der Waals surface area contributed by atoms with Gasteiger partial charge in [-0.15, -0.1) is 0 Å². The zero-order chi connectivity index (χ0) is 20.0. The van der Waals surface area contributed by atoms with Crippen molar-refractivity contribution in [3.63, 3.8) is 0 Å². The molecule has 0 radical (unpaired) electrons. The average molecular weight is 383 g/mol. The van der Waals surface area contributed by atoms with Crippen LogP contribution in [0.15, 0.2) is 12.1 Å². The van der Waals surface area contributed by atoms with E-state index >= 15 is 0 Å². The largest absolute Gasteiger partial charge is 0.534 e. The van der Waals surface area contributed by atoms with Gasteiger partial charge in [-0.05, 0) is 16.9 Å². The summed E-state index contributed by atoms with van der Waals surface area (Å²) in [6.07, 6.45) is 0. The predicted molar refractivity (Wildman–Crippen MR) is 86.1 cm³/mol. The van der Waals surface area contributed by atoms with E-state index in [0.717, 1.165) is 6.07 Å². The molecule has 1 aromatic carbocycles. The number of nitro benzene ring substituents is 1. The van der Waals surface area contributed by atoms with Crippen LogP contribution < -0.4 is 4.18 Å². The third-order valence-electron chi connectivity index (χ3n) is 3.39. The van der Waals surface area contributed by atoms with Crippen LogP contribution in [0.4, 0.5) is 18.9 Å². The first-order valence-corrected chi connectivity index (χ1v) is 8.63. The summed E-state index contributed by atoms with van der Waals surface area (Å²) in [4.78, 5) is 10.5. The van der Waals surface area contributed by atoms with Gasteiger partial charge in [0.15, 0.2) is 5.75 Å². The topological polar surface area (TPSA) is 86.5 Å². The molecule has 0 spiro atoms. The van der Waals surface area contributed by atoms with Gasteiger partial charge in [-0.1, -0.05) is 41.5 Å². The van der Waals surface area contributed by atoms with Gasteiger partial charge >= 0.3 is 15.6 Å². The van der Waals surface area contributed by atoms with Gasteiger partial charge in [0.1, 0.15) is 0 Å².